The summed E-state index contributed by atoms with van der Waals surface area (Å²) < 4.78 is 51.4. The average molecular weight is 858 g/mol. The molecule has 3 aromatic carbocycles. The molecule has 328 valence electrons. The van der Waals surface area contributed by atoms with Crippen LogP contribution in [-0.4, -0.2) is 85.1 Å². The van der Waals surface area contributed by atoms with Crippen LogP contribution >= 0.6 is 0 Å². The molecule has 6 rings (SSSR count). The molecule has 6 unspecified atom stereocenters. The fourth-order valence-electron chi connectivity index (χ4n) is 8.99. The number of ether oxygens (including phenoxy) is 3. The quantitative estimate of drug-likeness (QED) is 0.0464. The number of fused-ring (bicyclic) bond motifs is 2. The van der Waals surface area contributed by atoms with Gasteiger partial charge in [0.2, 0.25) is 21.7 Å². The van der Waals surface area contributed by atoms with Crippen molar-refractivity contribution in [2.75, 3.05) is 32.2 Å². The third kappa shape index (κ3) is 10.1. The topological polar surface area (TPSA) is 173 Å². The van der Waals surface area contributed by atoms with Crippen LogP contribution in [0.3, 0.4) is 0 Å². The van der Waals surface area contributed by atoms with Gasteiger partial charge >= 0.3 is 0 Å². The molecule has 1 heterocycles. The van der Waals surface area contributed by atoms with Crippen molar-refractivity contribution >= 4 is 33.6 Å². The number of aldehydes is 1. The number of likely N-dealkylation sites (N-methyl/N-ethyl adjacent to an activating group) is 1. The van der Waals surface area contributed by atoms with Crippen LogP contribution in [0, 0.1) is 17.8 Å². The first kappa shape index (κ1) is 45.7. The number of aliphatic hydroxyl groups is 2. The Hall–Kier alpha value is -4.86. The molecule has 3 aliphatic rings. The number of allylic oxidation sites excluding steroid dienone is 1. The molecule has 3 aromatic rings. The monoisotopic (exact) mass is 857 g/mol. The van der Waals surface area contributed by atoms with Gasteiger partial charge in [0.05, 0.1) is 29.2 Å². The molecule has 0 aromatic heterocycles. The number of unbranched alkanes of at least 4 members (excludes halogenated alkanes) is 2. The van der Waals surface area contributed by atoms with Crippen molar-refractivity contribution in [3.63, 3.8) is 0 Å². The van der Waals surface area contributed by atoms with Crippen molar-refractivity contribution in [2.45, 2.75) is 101 Å². The van der Waals surface area contributed by atoms with Crippen LogP contribution in [0.5, 0.6) is 17.2 Å². The molecule has 1 fully saturated rings. The summed E-state index contributed by atoms with van der Waals surface area (Å²) in [5.41, 5.74) is 2.51. The molecule has 1 amide bonds. The molecule has 0 bridgehead atoms. The van der Waals surface area contributed by atoms with Crippen molar-refractivity contribution < 1.29 is 47.3 Å². The van der Waals surface area contributed by atoms with Gasteiger partial charge in [-0.3, -0.25) is 9.59 Å². The summed E-state index contributed by atoms with van der Waals surface area (Å²) in [7, 11) is -2.72. The highest BCUT2D eigenvalue weighted by atomic mass is 32.2. The van der Waals surface area contributed by atoms with E-state index in [1.807, 2.05) is 32.9 Å². The molecule has 2 aliphatic carbocycles. The van der Waals surface area contributed by atoms with Crippen LogP contribution in [0.1, 0.15) is 94.5 Å². The first-order valence-electron chi connectivity index (χ1n) is 21.0. The summed E-state index contributed by atoms with van der Waals surface area (Å²) in [6.45, 7) is 11.2. The fourth-order valence-corrected chi connectivity index (χ4v) is 10.4. The van der Waals surface area contributed by atoms with E-state index in [1.165, 1.54) is 30.4 Å². The van der Waals surface area contributed by atoms with Crippen LogP contribution in [0.2, 0.25) is 0 Å². The molecule has 3 N–H and O–H groups in total. The van der Waals surface area contributed by atoms with E-state index in [-0.39, 0.29) is 54.8 Å². The molecule has 1 aliphatic heterocycles. The van der Waals surface area contributed by atoms with Gasteiger partial charge < -0.3 is 34.6 Å². The predicted molar refractivity (Wildman–Crippen MR) is 233 cm³/mol. The minimum Gasteiger partial charge on any atom is -0.460 e. The van der Waals surface area contributed by atoms with Crippen LogP contribution in [0.15, 0.2) is 101 Å². The Morgan fingerprint density at radius 1 is 1.02 bits per heavy atom. The second kappa shape index (κ2) is 19.5. The summed E-state index contributed by atoms with van der Waals surface area (Å²) in [5, 5.41) is 27.3. The minimum atomic E-state index is -4.25. The summed E-state index contributed by atoms with van der Waals surface area (Å²) in [6, 6.07) is 17.5. The number of amides is 1. The first-order valence-corrected chi connectivity index (χ1v) is 22.4. The summed E-state index contributed by atoms with van der Waals surface area (Å²) in [4.78, 5) is 29.5. The Labute approximate surface area is 359 Å². The van der Waals surface area contributed by atoms with Crippen LogP contribution in [-0.2, 0) is 24.4 Å². The number of sulfonamides is 1. The maximum atomic E-state index is 14.8. The zero-order valence-electron chi connectivity index (χ0n) is 35.7. The maximum Gasteiger partial charge on any atom is 0.243 e. The normalized spacial score (nSPS) is 23.9. The van der Waals surface area contributed by atoms with Crippen molar-refractivity contribution in [3.8, 4) is 17.2 Å². The fraction of sp³-hybridized carbons (Fsp3) is 0.468. The van der Waals surface area contributed by atoms with E-state index in [0.717, 1.165) is 43.1 Å². The number of carbonyl (C=O) groups excluding carboxylic acids is 2. The number of benzene rings is 3. The number of carbonyl (C=O) groups is 2. The molecule has 0 saturated heterocycles. The number of hydrogen-bond acceptors (Lipinski definition) is 11. The summed E-state index contributed by atoms with van der Waals surface area (Å²) in [5.74, 6) is -1.39. The van der Waals surface area contributed by atoms with Crippen molar-refractivity contribution in [3.05, 3.63) is 102 Å². The predicted octanol–water partition coefficient (Wildman–Crippen LogP) is 8.00. The van der Waals surface area contributed by atoms with Gasteiger partial charge in [-0.05, 0) is 118 Å². The Balaban J connectivity index is 1.59. The molecule has 61 heavy (non-hydrogen) atoms. The van der Waals surface area contributed by atoms with Gasteiger partial charge in [-0.25, -0.2) is 8.42 Å². The van der Waals surface area contributed by atoms with Gasteiger partial charge in [-0.15, -0.1) is 6.58 Å². The third-order valence-corrected chi connectivity index (χ3v) is 13.5. The number of anilines is 1. The lowest BCUT2D eigenvalue weighted by Gasteiger charge is -2.59. The minimum absolute atomic E-state index is 0.00151. The number of rotatable bonds is 19. The van der Waals surface area contributed by atoms with E-state index >= 15 is 0 Å². The highest BCUT2D eigenvalue weighted by molar-refractivity contribution is 7.89. The van der Waals surface area contributed by atoms with E-state index in [0.29, 0.717) is 47.1 Å². The molecule has 14 heteroatoms. The second-order valence-corrected chi connectivity index (χ2v) is 19.0. The molecule has 0 radical (unpaired) electrons. The molecule has 0 spiro atoms. The lowest BCUT2D eigenvalue weighted by atomic mass is 9.55. The molecule has 13 nitrogen and oxygen atoms in total. The van der Waals surface area contributed by atoms with Crippen molar-refractivity contribution in [1.29, 1.82) is 0 Å². The van der Waals surface area contributed by atoms with E-state index in [1.54, 1.807) is 48.5 Å². The van der Waals surface area contributed by atoms with E-state index in [4.69, 9.17) is 24.2 Å². The number of aliphatic hydroxyl groups excluding tert-OH is 2. The van der Waals surface area contributed by atoms with Gasteiger partial charge in [0, 0.05) is 56.3 Å². The summed E-state index contributed by atoms with van der Waals surface area (Å²) >= 11 is 0. The van der Waals surface area contributed by atoms with E-state index in [2.05, 4.69) is 18.0 Å². The summed E-state index contributed by atoms with van der Waals surface area (Å²) in [6.07, 6.45) is 8.92. The highest BCUT2D eigenvalue weighted by Crippen LogP contribution is 2.62. The van der Waals surface area contributed by atoms with Gasteiger partial charge in [0.15, 0.2) is 0 Å². The number of oxime groups is 1. The van der Waals surface area contributed by atoms with Crippen LogP contribution < -0.4 is 14.8 Å². The van der Waals surface area contributed by atoms with Gasteiger partial charge in [-0.2, -0.15) is 4.31 Å². The largest absolute Gasteiger partial charge is 0.460 e. The Bertz CT molecular complexity index is 2220. The van der Waals surface area contributed by atoms with Crippen molar-refractivity contribution in [1.82, 2.24) is 4.31 Å². The standard InChI is InChI=1S/C47H59N3O10S/c1-7-25-57-47-43(50(6)61(55,56)37-20-17-34(18-21-37)48-31(2)54)29-41(49-60-46(3,4)5)39-27-33(14-8-10-23-51)38(16-9-11-24-52)44(45(39)47)40-28-36(19-22-42(40)59-47)58-35-15-12-13-32(26-35)30-53/h7,12-13,15,17-22,26-28,30,33,38,43-45,51-52H,1,8-11,14,16,23-25,29H2,2-6H3,(H,48,54). The number of nitrogens with one attached hydrogen (secondary N) is 1. The Morgan fingerprint density at radius 3 is 2.38 bits per heavy atom. The lowest BCUT2D eigenvalue weighted by Crippen LogP contribution is -2.69. The van der Waals surface area contributed by atoms with E-state index in [9.17, 15) is 28.2 Å². The lowest BCUT2D eigenvalue weighted by molar-refractivity contribution is -0.250. The SMILES string of the molecule is C=CCOC12Oc3ccc(Oc4cccc(C=O)c4)cc3C3C(CCCCO)C(CCCCO)C=C(C(=NOC(C)(C)C)CC1N(C)S(=O)(=O)c1ccc(NC(C)=O)cc1)C32. The highest BCUT2D eigenvalue weighted by Gasteiger charge is 2.65. The first-order chi connectivity index (χ1) is 29.1. The second-order valence-electron chi connectivity index (χ2n) is 17.0. The molecule has 6 atom stereocenters. The van der Waals surface area contributed by atoms with Crippen LogP contribution in [0.4, 0.5) is 5.69 Å². The number of hydrogen-bond donors (Lipinski definition) is 3. The van der Waals surface area contributed by atoms with Crippen LogP contribution in [0.25, 0.3) is 0 Å². The third-order valence-electron chi connectivity index (χ3n) is 11.6. The zero-order chi connectivity index (χ0) is 44.0. The Kier molecular flexibility index (Phi) is 14.6. The maximum absolute atomic E-state index is 14.8. The molecule has 1 saturated carbocycles. The Morgan fingerprint density at radius 2 is 1.72 bits per heavy atom. The van der Waals surface area contributed by atoms with Gasteiger partial charge in [-0.1, -0.05) is 42.3 Å². The smallest absolute Gasteiger partial charge is 0.243 e. The zero-order valence-corrected chi connectivity index (χ0v) is 36.5. The average Bonchev–Trinajstić information content (AvgIpc) is 3.23. The number of nitrogens with zero attached hydrogens (tertiary/aromatic N) is 2. The molecular formula is C47H59N3O10S. The van der Waals surface area contributed by atoms with Crippen molar-refractivity contribution in [2.24, 2.45) is 22.9 Å². The van der Waals surface area contributed by atoms with E-state index < -0.39 is 33.4 Å². The van der Waals surface area contributed by atoms with Gasteiger partial charge in [0.1, 0.15) is 29.1 Å². The molecular weight excluding hydrogens is 799 g/mol. The van der Waals surface area contributed by atoms with Gasteiger partial charge in [0.25, 0.3) is 0 Å².